The molecule has 3 aromatic rings. The second-order valence-electron chi connectivity index (χ2n) is 10.1. The molecule has 0 bridgehead atoms. The van der Waals surface area contributed by atoms with Crippen LogP contribution in [0.15, 0.2) is 60.8 Å². The molecule has 12 heteroatoms. The largest absolute Gasteiger partial charge is 0.326 e. The highest BCUT2D eigenvalue weighted by atomic mass is 35.5. The van der Waals surface area contributed by atoms with Gasteiger partial charge in [-0.3, -0.25) is 19.4 Å². The Hall–Kier alpha value is -2.89. The van der Waals surface area contributed by atoms with E-state index in [1.807, 2.05) is 0 Å². The smallest absolute Gasteiger partial charge is 0.255 e. The number of amides is 2. The van der Waals surface area contributed by atoms with Crippen LogP contribution in [0.1, 0.15) is 64.8 Å². The van der Waals surface area contributed by atoms with Gasteiger partial charge in [0, 0.05) is 33.9 Å². The van der Waals surface area contributed by atoms with Crippen LogP contribution in [0.5, 0.6) is 0 Å². The van der Waals surface area contributed by atoms with Crippen molar-refractivity contribution in [2.45, 2.75) is 56.3 Å². The minimum atomic E-state index is -1.31. The number of carbonyl (C=O) groups excluding carboxylic acids is 2. The Bertz CT molecular complexity index is 1460. The summed E-state index contributed by atoms with van der Waals surface area (Å²) >= 11 is 13.0. The molecule has 2 heterocycles. The van der Waals surface area contributed by atoms with Gasteiger partial charge >= 0.3 is 0 Å². The molecule has 1 aliphatic heterocycles. The molecule has 0 saturated heterocycles. The number of benzene rings is 2. The summed E-state index contributed by atoms with van der Waals surface area (Å²) < 4.78 is 28.6. The van der Waals surface area contributed by atoms with Gasteiger partial charge in [-0.25, -0.2) is 18.8 Å². The average Bonchev–Trinajstić information content (AvgIpc) is 2.94. The molecular weight excluding hydrogens is 590 g/mol. The third-order valence-electron chi connectivity index (χ3n) is 7.53. The molecule has 1 aromatic heterocycles. The van der Waals surface area contributed by atoms with E-state index in [2.05, 4.69) is 15.2 Å². The van der Waals surface area contributed by atoms with Crippen LogP contribution in [0.2, 0.25) is 10.0 Å². The zero-order chi connectivity index (χ0) is 29.1. The van der Waals surface area contributed by atoms with Crippen LogP contribution in [-0.2, 0) is 27.2 Å². The van der Waals surface area contributed by atoms with Crippen molar-refractivity contribution in [2.24, 2.45) is 0 Å². The van der Waals surface area contributed by atoms with Gasteiger partial charge in [-0.15, -0.1) is 0 Å². The summed E-state index contributed by atoms with van der Waals surface area (Å²) in [6.07, 6.45) is 5.81. The maximum atomic E-state index is 14.3. The summed E-state index contributed by atoms with van der Waals surface area (Å²) in [6, 6.07) is 13.3. The van der Waals surface area contributed by atoms with Crippen molar-refractivity contribution in [3.8, 4) is 0 Å². The molecule has 2 N–H and O–H groups in total. The Morgan fingerprint density at radius 3 is 2.63 bits per heavy atom. The van der Waals surface area contributed by atoms with Crippen molar-refractivity contribution in [1.29, 1.82) is 0 Å². The van der Waals surface area contributed by atoms with Gasteiger partial charge in [-0.2, -0.15) is 0 Å². The summed E-state index contributed by atoms with van der Waals surface area (Å²) in [5.41, 5.74) is 4.44. The lowest BCUT2D eigenvalue weighted by molar-refractivity contribution is -0.138. The topological polar surface area (TPSA) is 101 Å². The second kappa shape index (κ2) is 13.0. The molecule has 8 nitrogen and oxygen atoms in total. The molecule has 1 aliphatic carbocycles. The molecule has 0 spiro atoms. The van der Waals surface area contributed by atoms with Gasteiger partial charge < -0.3 is 4.90 Å². The fourth-order valence-electron chi connectivity index (χ4n) is 5.80. The molecule has 41 heavy (non-hydrogen) atoms. The maximum absolute atomic E-state index is 14.3. The number of rotatable bonds is 8. The van der Waals surface area contributed by atoms with Crippen molar-refractivity contribution >= 4 is 46.0 Å². The first-order valence-corrected chi connectivity index (χ1v) is 15.5. The molecule has 1 saturated carbocycles. The third kappa shape index (κ3) is 6.47. The van der Waals surface area contributed by atoms with Crippen molar-refractivity contribution in [3.63, 3.8) is 0 Å². The Morgan fingerprint density at radius 2 is 1.90 bits per heavy atom. The lowest BCUT2D eigenvalue weighted by Gasteiger charge is -2.49. The summed E-state index contributed by atoms with van der Waals surface area (Å²) in [4.78, 5) is 39.4. The summed E-state index contributed by atoms with van der Waals surface area (Å²) in [7, 11) is -1.31. The predicted octanol–water partition coefficient (Wildman–Crippen LogP) is 5.25. The van der Waals surface area contributed by atoms with Crippen LogP contribution in [0.3, 0.4) is 0 Å². The van der Waals surface area contributed by atoms with Crippen LogP contribution in [-0.4, -0.2) is 44.2 Å². The Kier molecular flexibility index (Phi) is 9.35. The van der Waals surface area contributed by atoms with Gasteiger partial charge in [0.05, 0.1) is 34.8 Å². The molecule has 5 rings (SSSR count). The lowest BCUT2D eigenvalue weighted by Crippen LogP contribution is -2.58. The van der Waals surface area contributed by atoms with Crippen molar-refractivity contribution < 1.29 is 23.0 Å². The van der Waals surface area contributed by atoms with Gasteiger partial charge in [0.1, 0.15) is 12.4 Å². The second-order valence-corrected chi connectivity index (χ2v) is 12.1. The van der Waals surface area contributed by atoms with E-state index in [1.54, 1.807) is 53.6 Å². The van der Waals surface area contributed by atoms with E-state index in [1.165, 1.54) is 12.1 Å². The fraction of sp³-hybridized carbons (Fsp3) is 0.345. The number of nitrogens with one attached hydrogen (secondary N) is 2. The van der Waals surface area contributed by atoms with Crippen LogP contribution in [0, 0.1) is 5.82 Å². The highest BCUT2D eigenvalue weighted by Gasteiger charge is 2.49. The van der Waals surface area contributed by atoms with E-state index in [0.29, 0.717) is 38.9 Å². The quantitative estimate of drug-likeness (QED) is 0.336. The number of pyridine rings is 1. The first kappa shape index (κ1) is 29.6. The van der Waals surface area contributed by atoms with Gasteiger partial charge in [0.2, 0.25) is 0 Å². The first-order chi connectivity index (χ1) is 19.7. The van der Waals surface area contributed by atoms with Crippen LogP contribution in [0.25, 0.3) is 0 Å². The van der Waals surface area contributed by atoms with Gasteiger partial charge in [-0.1, -0.05) is 60.3 Å². The minimum absolute atomic E-state index is 0.0909. The first-order valence-electron chi connectivity index (χ1n) is 13.2. The van der Waals surface area contributed by atoms with E-state index in [4.69, 9.17) is 28.0 Å². The number of aromatic nitrogens is 1. The molecule has 5 atom stereocenters. The average molecular weight is 620 g/mol. The highest BCUT2D eigenvalue weighted by molar-refractivity contribution is 7.82. The maximum Gasteiger partial charge on any atom is 0.255 e. The normalized spacial score (nSPS) is 23.1. The van der Waals surface area contributed by atoms with E-state index >= 15 is 0 Å². The van der Waals surface area contributed by atoms with Gasteiger partial charge in [0.15, 0.2) is 0 Å². The predicted molar refractivity (Wildman–Crippen MR) is 155 cm³/mol. The van der Waals surface area contributed by atoms with Crippen molar-refractivity contribution in [1.82, 2.24) is 20.1 Å². The van der Waals surface area contributed by atoms with E-state index < -0.39 is 34.7 Å². The molecule has 2 amide bonds. The van der Waals surface area contributed by atoms with Gasteiger partial charge in [0.25, 0.3) is 11.8 Å². The monoisotopic (exact) mass is 618 g/mol. The van der Waals surface area contributed by atoms with E-state index in [9.17, 15) is 18.2 Å². The molecule has 2 aliphatic rings. The molecule has 1 fully saturated rings. The Labute approximate surface area is 250 Å². The zero-order valence-corrected chi connectivity index (χ0v) is 24.5. The van der Waals surface area contributed by atoms with Crippen molar-refractivity contribution in [3.05, 3.63) is 99.0 Å². The molecule has 2 unspecified atom stereocenters. The number of nitrogens with zero attached hydrogens (tertiary/aromatic N) is 2. The van der Waals surface area contributed by atoms with Crippen LogP contribution < -0.4 is 10.2 Å². The molecular formula is C29H29Cl2FN4O4S. The summed E-state index contributed by atoms with van der Waals surface area (Å²) in [5.74, 6) is -2.12. The molecule has 216 valence electrons. The van der Waals surface area contributed by atoms with Crippen LogP contribution >= 0.6 is 23.2 Å². The summed E-state index contributed by atoms with van der Waals surface area (Å²) in [5, 5.41) is 0.732. The van der Waals surface area contributed by atoms with Gasteiger partial charge in [-0.05, 0) is 54.3 Å². The van der Waals surface area contributed by atoms with E-state index in [0.717, 1.165) is 25.5 Å². The SMILES string of the molecule is CS(=O)N[C@H]1CCCCC1N1C(=O)c2ccccc2[C@@H](C(=O)NOCc2ccc(F)cn2)[C@@H]1c1ccc(Cl)cc1Cl. The number of halogens is 3. The number of carbonyl (C=O) groups is 2. The molecule has 0 radical (unpaired) electrons. The lowest BCUT2D eigenvalue weighted by atomic mass is 9.76. The highest BCUT2D eigenvalue weighted by Crippen LogP contribution is 2.47. The zero-order valence-electron chi connectivity index (χ0n) is 22.2. The van der Waals surface area contributed by atoms with Crippen molar-refractivity contribution in [2.75, 3.05) is 6.26 Å². The number of hydrogen-bond acceptors (Lipinski definition) is 5. The number of hydrogen-bond donors (Lipinski definition) is 2. The van der Waals surface area contributed by atoms with Crippen LogP contribution in [0.4, 0.5) is 4.39 Å². The standard InChI is InChI=1S/C29H29Cl2FN4O4S/c1-41(39)35-24-8-4-5-9-25(24)36-27(22-13-10-17(30)14-23(22)31)26(20-6-2-3-7-21(20)29(36)38)28(37)34-40-16-19-12-11-18(32)15-33-19/h2-3,6-7,10-15,24-27,35H,4-5,8-9,16H2,1H3,(H,34,37)/t24-,25?,26+,27-,41?/m0/s1. The third-order valence-corrected chi connectivity index (χ3v) is 8.72. The number of fused-ring (bicyclic) bond motifs is 1. The number of hydroxylamine groups is 1. The van der Waals surface area contributed by atoms with E-state index in [-0.39, 0.29) is 24.6 Å². The fourth-order valence-corrected chi connectivity index (χ4v) is 7.02. The molecule has 2 aromatic carbocycles. The Balaban J connectivity index is 1.57. The minimum Gasteiger partial charge on any atom is -0.326 e. The summed E-state index contributed by atoms with van der Waals surface area (Å²) in [6.45, 7) is -0.0909. The Morgan fingerprint density at radius 1 is 1.12 bits per heavy atom.